The third kappa shape index (κ3) is 4.37. The number of aromatic hydroxyl groups is 1. The molecular weight excluding hydrogens is 296 g/mol. The van der Waals surface area contributed by atoms with Gasteiger partial charge in [0.2, 0.25) is 0 Å². The Morgan fingerprint density at radius 2 is 1.83 bits per heavy atom. The van der Waals surface area contributed by atoms with Crippen LogP contribution in [0.1, 0.15) is 42.0 Å². The van der Waals surface area contributed by atoms with Gasteiger partial charge >= 0.3 is 0 Å². The van der Waals surface area contributed by atoms with Crippen LogP contribution >= 0.6 is 0 Å². The first-order valence-electron chi connectivity index (χ1n) is 8.87. The van der Waals surface area contributed by atoms with Gasteiger partial charge in [0.25, 0.3) is 0 Å². The average molecular weight is 324 g/mol. The maximum absolute atomic E-state index is 9.71. The third-order valence-electron chi connectivity index (χ3n) is 4.77. The lowest BCUT2D eigenvalue weighted by molar-refractivity contribution is 0.140. The first-order valence-corrected chi connectivity index (χ1v) is 8.87. The van der Waals surface area contributed by atoms with Crippen molar-refractivity contribution in [2.45, 2.75) is 38.4 Å². The molecule has 0 unspecified atom stereocenters. The highest BCUT2D eigenvalue weighted by Gasteiger charge is 2.24. The summed E-state index contributed by atoms with van der Waals surface area (Å²) in [5.41, 5.74) is 3.96. The zero-order chi connectivity index (χ0) is 16.9. The molecule has 1 atom stereocenters. The van der Waals surface area contributed by atoms with Crippen molar-refractivity contribution in [2.24, 2.45) is 0 Å². The lowest BCUT2D eigenvalue weighted by Gasteiger charge is -2.36. The molecule has 3 rings (SSSR count). The normalized spacial score (nSPS) is 18.9. The second-order valence-corrected chi connectivity index (χ2v) is 7.13. The molecule has 3 nitrogen and oxygen atoms in total. The van der Waals surface area contributed by atoms with Gasteiger partial charge in [0.15, 0.2) is 0 Å². The van der Waals surface area contributed by atoms with Crippen molar-refractivity contribution in [1.82, 2.24) is 9.80 Å². The van der Waals surface area contributed by atoms with Crippen molar-refractivity contribution >= 4 is 0 Å². The molecule has 0 radical (unpaired) electrons. The van der Waals surface area contributed by atoms with Crippen LogP contribution in [0, 0.1) is 0 Å². The zero-order valence-electron chi connectivity index (χ0n) is 14.8. The van der Waals surface area contributed by atoms with Crippen LogP contribution in [0.4, 0.5) is 0 Å². The van der Waals surface area contributed by atoms with Crippen molar-refractivity contribution in [3.05, 3.63) is 65.2 Å². The van der Waals surface area contributed by atoms with Crippen LogP contribution in [-0.4, -0.2) is 35.5 Å². The van der Waals surface area contributed by atoms with E-state index in [0.717, 1.165) is 19.6 Å². The molecule has 2 aromatic rings. The zero-order valence-corrected chi connectivity index (χ0v) is 14.8. The fourth-order valence-electron chi connectivity index (χ4n) is 3.66. The molecule has 1 heterocycles. The number of benzene rings is 2. The van der Waals surface area contributed by atoms with Gasteiger partial charge in [0.05, 0.1) is 0 Å². The minimum Gasteiger partial charge on any atom is -0.508 e. The van der Waals surface area contributed by atoms with Crippen molar-refractivity contribution in [3.63, 3.8) is 0 Å². The van der Waals surface area contributed by atoms with Gasteiger partial charge in [-0.15, -0.1) is 0 Å². The Labute approximate surface area is 145 Å². The number of likely N-dealkylation sites (tertiary alicyclic amines) is 1. The van der Waals surface area contributed by atoms with Gasteiger partial charge in [-0.1, -0.05) is 42.8 Å². The van der Waals surface area contributed by atoms with Gasteiger partial charge in [-0.05, 0) is 62.3 Å². The minimum atomic E-state index is 0.356. The van der Waals surface area contributed by atoms with Gasteiger partial charge in [0.1, 0.15) is 5.75 Å². The quantitative estimate of drug-likeness (QED) is 0.894. The highest BCUT2D eigenvalue weighted by Crippen LogP contribution is 2.32. The molecule has 1 aliphatic rings. The number of phenols is 1. The standard InChI is InChI=1S/C21H28N2O/c1-22(2)15-17-9-11-19(12-10-17)21-8-3-4-13-23(21)16-18-6-5-7-20(24)14-18/h5-7,9-12,14,21,24H,3-4,8,13,15-16H2,1-2H3/t21-/m1/s1. The minimum absolute atomic E-state index is 0.356. The van der Waals surface area contributed by atoms with E-state index >= 15 is 0 Å². The third-order valence-corrected chi connectivity index (χ3v) is 4.77. The molecular formula is C21H28N2O. The topological polar surface area (TPSA) is 26.7 Å². The van der Waals surface area contributed by atoms with Crippen LogP contribution in [0.5, 0.6) is 5.75 Å². The number of rotatable bonds is 5. The van der Waals surface area contributed by atoms with E-state index in [1.54, 1.807) is 6.07 Å². The van der Waals surface area contributed by atoms with Crippen LogP contribution in [0.3, 0.4) is 0 Å². The Morgan fingerprint density at radius 1 is 1.04 bits per heavy atom. The number of nitrogens with zero attached hydrogens (tertiary/aromatic N) is 2. The predicted molar refractivity (Wildman–Crippen MR) is 98.9 cm³/mol. The summed E-state index contributed by atoms with van der Waals surface area (Å²) in [5.74, 6) is 0.356. The summed E-state index contributed by atoms with van der Waals surface area (Å²) in [6.45, 7) is 3.01. The van der Waals surface area contributed by atoms with E-state index in [-0.39, 0.29) is 0 Å². The Kier molecular flexibility index (Phi) is 5.54. The van der Waals surface area contributed by atoms with Crippen molar-refractivity contribution in [1.29, 1.82) is 0 Å². The molecule has 0 aliphatic carbocycles. The van der Waals surface area contributed by atoms with E-state index < -0.39 is 0 Å². The van der Waals surface area contributed by atoms with Crippen LogP contribution in [0.25, 0.3) is 0 Å². The summed E-state index contributed by atoms with van der Waals surface area (Å²) in [6.07, 6.45) is 3.76. The predicted octanol–water partition coefficient (Wildman–Crippen LogP) is 4.18. The number of phenolic OH excluding ortho intramolecular Hbond substituents is 1. The first-order chi connectivity index (χ1) is 11.6. The van der Waals surface area contributed by atoms with E-state index in [1.807, 2.05) is 12.1 Å². The lowest BCUT2D eigenvalue weighted by atomic mass is 9.94. The van der Waals surface area contributed by atoms with E-state index in [1.165, 1.54) is 36.0 Å². The molecule has 1 fully saturated rings. The van der Waals surface area contributed by atoms with Crippen molar-refractivity contribution < 1.29 is 5.11 Å². The van der Waals surface area contributed by atoms with E-state index in [2.05, 4.69) is 54.2 Å². The fourth-order valence-corrected chi connectivity index (χ4v) is 3.66. The van der Waals surface area contributed by atoms with Crippen LogP contribution < -0.4 is 0 Å². The maximum Gasteiger partial charge on any atom is 0.115 e. The van der Waals surface area contributed by atoms with Crippen molar-refractivity contribution in [2.75, 3.05) is 20.6 Å². The Morgan fingerprint density at radius 3 is 2.54 bits per heavy atom. The van der Waals surface area contributed by atoms with Gasteiger partial charge in [-0.2, -0.15) is 0 Å². The van der Waals surface area contributed by atoms with Crippen molar-refractivity contribution in [3.8, 4) is 5.75 Å². The molecule has 1 saturated heterocycles. The summed E-state index contributed by atoms with van der Waals surface area (Å²) in [7, 11) is 4.21. The smallest absolute Gasteiger partial charge is 0.115 e. The van der Waals surface area contributed by atoms with Crippen LogP contribution in [0.15, 0.2) is 48.5 Å². The molecule has 0 spiro atoms. The van der Waals surface area contributed by atoms with E-state index in [9.17, 15) is 5.11 Å². The largest absolute Gasteiger partial charge is 0.508 e. The Bertz CT molecular complexity index is 651. The molecule has 3 heteroatoms. The Balaban J connectivity index is 1.74. The highest BCUT2D eigenvalue weighted by molar-refractivity contribution is 5.28. The number of piperidine rings is 1. The second kappa shape index (κ2) is 7.82. The summed E-state index contributed by atoms with van der Waals surface area (Å²) >= 11 is 0. The average Bonchev–Trinajstić information content (AvgIpc) is 2.56. The molecule has 0 amide bonds. The fraction of sp³-hybridized carbons (Fsp3) is 0.429. The monoisotopic (exact) mass is 324 g/mol. The van der Waals surface area contributed by atoms with Crippen LogP contribution in [0.2, 0.25) is 0 Å². The van der Waals surface area contributed by atoms with Crippen LogP contribution in [-0.2, 0) is 13.1 Å². The first kappa shape index (κ1) is 17.0. The number of hydrogen-bond donors (Lipinski definition) is 1. The molecule has 24 heavy (non-hydrogen) atoms. The molecule has 2 aromatic carbocycles. The lowest BCUT2D eigenvalue weighted by Crippen LogP contribution is -2.32. The molecule has 0 bridgehead atoms. The summed E-state index contributed by atoms with van der Waals surface area (Å²) < 4.78 is 0. The SMILES string of the molecule is CN(C)Cc1ccc([C@H]2CCCCN2Cc2cccc(O)c2)cc1. The molecule has 0 aromatic heterocycles. The molecule has 1 N–H and O–H groups in total. The van der Waals surface area contributed by atoms with Gasteiger partial charge in [-0.3, -0.25) is 4.90 Å². The second-order valence-electron chi connectivity index (χ2n) is 7.13. The molecule has 1 aliphatic heterocycles. The van der Waals surface area contributed by atoms with Gasteiger partial charge < -0.3 is 10.0 Å². The molecule has 0 saturated carbocycles. The van der Waals surface area contributed by atoms with Gasteiger partial charge in [-0.25, -0.2) is 0 Å². The van der Waals surface area contributed by atoms with E-state index in [4.69, 9.17) is 0 Å². The van der Waals surface area contributed by atoms with Gasteiger partial charge in [0, 0.05) is 19.1 Å². The highest BCUT2D eigenvalue weighted by atomic mass is 16.3. The van der Waals surface area contributed by atoms with E-state index in [0.29, 0.717) is 11.8 Å². The number of hydrogen-bond acceptors (Lipinski definition) is 3. The summed E-state index contributed by atoms with van der Waals surface area (Å²) in [5, 5.41) is 9.71. The summed E-state index contributed by atoms with van der Waals surface area (Å²) in [4.78, 5) is 4.75. The Hall–Kier alpha value is -1.84. The maximum atomic E-state index is 9.71. The molecule has 128 valence electrons. The summed E-state index contributed by atoms with van der Waals surface area (Å²) in [6, 6.07) is 17.2.